The number of nitrogens with one attached hydrogen (secondary N) is 1. The molecule has 0 bridgehead atoms. The minimum absolute atomic E-state index is 0.0205. The number of allylic oxidation sites excluding steroid dienone is 1. The Hall–Kier alpha value is -4.07. The first-order valence-electron chi connectivity index (χ1n) is 13.0. The lowest BCUT2D eigenvalue weighted by molar-refractivity contribution is 0.0635. The van der Waals surface area contributed by atoms with E-state index in [4.69, 9.17) is 14.5 Å². The second-order valence-corrected chi connectivity index (χ2v) is 10.1. The Morgan fingerprint density at radius 1 is 1.08 bits per heavy atom. The fraction of sp³-hybridized carbons (Fsp3) is 0.345. The van der Waals surface area contributed by atoms with E-state index in [-0.39, 0.29) is 24.8 Å². The number of pyridine rings is 1. The maximum Gasteiger partial charge on any atom is 0.317 e. The van der Waals surface area contributed by atoms with Gasteiger partial charge in [0.1, 0.15) is 0 Å². The largest absolute Gasteiger partial charge is 0.454 e. The highest BCUT2D eigenvalue weighted by Crippen LogP contribution is 2.40. The Labute approximate surface area is 214 Å². The summed E-state index contributed by atoms with van der Waals surface area (Å²) in [6, 6.07) is 13.9. The van der Waals surface area contributed by atoms with E-state index >= 15 is 0 Å². The second-order valence-electron chi connectivity index (χ2n) is 10.1. The molecule has 2 aromatic carbocycles. The zero-order valence-electron chi connectivity index (χ0n) is 20.5. The topological polar surface area (TPSA) is 84.0 Å². The van der Waals surface area contributed by atoms with Crippen LogP contribution in [0.3, 0.4) is 0 Å². The lowest BCUT2D eigenvalue weighted by Gasteiger charge is -2.37. The Morgan fingerprint density at radius 3 is 2.86 bits per heavy atom. The minimum Gasteiger partial charge on any atom is -0.454 e. The van der Waals surface area contributed by atoms with Gasteiger partial charge in [0.25, 0.3) is 5.91 Å². The molecule has 4 heterocycles. The molecule has 1 aromatic heterocycles. The third-order valence-corrected chi connectivity index (χ3v) is 7.91. The van der Waals surface area contributed by atoms with Gasteiger partial charge in [-0.15, -0.1) is 0 Å². The molecule has 3 aliphatic heterocycles. The number of benzene rings is 2. The average Bonchev–Trinajstić information content (AvgIpc) is 3.67. The Balaban J connectivity index is 1.26. The molecule has 3 aromatic rings. The van der Waals surface area contributed by atoms with E-state index in [1.165, 1.54) is 0 Å². The van der Waals surface area contributed by atoms with Gasteiger partial charge in [0.05, 0.1) is 22.8 Å². The van der Waals surface area contributed by atoms with E-state index in [0.29, 0.717) is 26.2 Å². The first kappa shape index (κ1) is 22.2. The van der Waals surface area contributed by atoms with Crippen LogP contribution in [0.15, 0.2) is 42.5 Å². The van der Waals surface area contributed by atoms with Crippen molar-refractivity contribution < 1.29 is 19.1 Å². The Morgan fingerprint density at radius 2 is 1.97 bits per heavy atom. The molecular formula is C29H28N4O4. The summed E-state index contributed by atoms with van der Waals surface area (Å²) in [6.45, 7) is 2.89. The molecule has 37 heavy (non-hydrogen) atoms. The van der Waals surface area contributed by atoms with Crippen molar-refractivity contribution in [3.8, 4) is 11.5 Å². The minimum atomic E-state index is -0.0205. The van der Waals surface area contributed by atoms with Gasteiger partial charge in [-0.25, -0.2) is 9.78 Å². The van der Waals surface area contributed by atoms with Crippen LogP contribution in [0.1, 0.15) is 46.4 Å². The van der Waals surface area contributed by atoms with Crippen LogP contribution in [-0.4, -0.2) is 65.7 Å². The van der Waals surface area contributed by atoms with Gasteiger partial charge in [0.15, 0.2) is 11.5 Å². The van der Waals surface area contributed by atoms with Crippen molar-refractivity contribution in [2.24, 2.45) is 0 Å². The molecule has 1 N–H and O–H groups in total. The van der Waals surface area contributed by atoms with Gasteiger partial charge < -0.3 is 24.6 Å². The van der Waals surface area contributed by atoms with E-state index in [9.17, 15) is 9.59 Å². The predicted octanol–water partition coefficient (Wildman–Crippen LogP) is 4.08. The highest BCUT2D eigenvalue weighted by Gasteiger charge is 2.35. The number of carbonyl (C=O) groups excluding carboxylic acids is 2. The van der Waals surface area contributed by atoms with Gasteiger partial charge in [-0.2, -0.15) is 0 Å². The average molecular weight is 497 g/mol. The van der Waals surface area contributed by atoms with Gasteiger partial charge in [0, 0.05) is 31.6 Å². The third kappa shape index (κ3) is 3.79. The third-order valence-electron chi connectivity index (χ3n) is 7.91. The molecule has 188 valence electrons. The molecule has 2 fully saturated rings. The fourth-order valence-electron chi connectivity index (χ4n) is 6.11. The summed E-state index contributed by atoms with van der Waals surface area (Å²) in [5.41, 5.74) is 5.68. The highest BCUT2D eigenvalue weighted by molar-refractivity contribution is 6.09. The van der Waals surface area contributed by atoms with E-state index in [0.717, 1.165) is 76.0 Å². The summed E-state index contributed by atoms with van der Waals surface area (Å²) in [5.74, 6) is 1.56. The number of ether oxygens (including phenoxy) is 2. The van der Waals surface area contributed by atoms with E-state index in [1.807, 2.05) is 52.3 Å². The molecule has 1 aliphatic carbocycles. The number of hydrogen-bond donors (Lipinski definition) is 1. The monoisotopic (exact) mass is 496 g/mol. The van der Waals surface area contributed by atoms with E-state index in [2.05, 4.69) is 11.4 Å². The maximum absolute atomic E-state index is 14.1. The van der Waals surface area contributed by atoms with Gasteiger partial charge in [0.2, 0.25) is 6.79 Å². The number of piperidine rings is 1. The zero-order valence-corrected chi connectivity index (χ0v) is 20.5. The van der Waals surface area contributed by atoms with Crippen molar-refractivity contribution >= 4 is 34.5 Å². The number of carbonyl (C=O) groups is 2. The molecule has 2 saturated heterocycles. The lowest BCUT2D eigenvalue weighted by atomic mass is 9.97. The van der Waals surface area contributed by atoms with Crippen LogP contribution in [0.2, 0.25) is 0 Å². The van der Waals surface area contributed by atoms with Gasteiger partial charge in [-0.3, -0.25) is 4.79 Å². The van der Waals surface area contributed by atoms with Crippen LogP contribution >= 0.6 is 0 Å². The quantitative estimate of drug-likeness (QED) is 0.591. The summed E-state index contributed by atoms with van der Waals surface area (Å²) in [4.78, 5) is 35.3. The van der Waals surface area contributed by atoms with Crippen molar-refractivity contribution in [3.63, 3.8) is 0 Å². The molecule has 8 heteroatoms. The molecule has 7 rings (SSSR count). The predicted molar refractivity (Wildman–Crippen MR) is 140 cm³/mol. The number of amides is 3. The van der Waals surface area contributed by atoms with Crippen molar-refractivity contribution in [1.82, 2.24) is 20.1 Å². The number of hydrogen-bond acceptors (Lipinski definition) is 5. The number of fused-ring (bicyclic) bond motifs is 3. The molecule has 8 nitrogen and oxygen atoms in total. The molecule has 1 atom stereocenters. The molecule has 4 aliphatic rings. The summed E-state index contributed by atoms with van der Waals surface area (Å²) in [6.07, 6.45) is 5.56. The number of aromatic nitrogens is 1. The number of urea groups is 1. The molecule has 0 spiro atoms. The second kappa shape index (κ2) is 8.80. The number of likely N-dealkylation sites (tertiary alicyclic amines) is 1. The van der Waals surface area contributed by atoms with Gasteiger partial charge in [-0.1, -0.05) is 24.3 Å². The summed E-state index contributed by atoms with van der Waals surface area (Å²) in [7, 11) is 0. The van der Waals surface area contributed by atoms with Crippen LogP contribution in [0, 0.1) is 0 Å². The van der Waals surface area contributed by atoms with Crippen molar-refractivity contribution in [1.29, 1.82) is 0 Å². The molecule has 1 unspecified atom stereocenters. The van der Waals surface area contributed by atoms with Crippen LogP contribution in [0.5, 0.6) is 11.5 Å². The Bertz CT molecular complexity index is 1470. The number of rotatable bonds is 3. The SMILES string of the molecule is O=C(c1c2c(nc3ccccc13)/C(=C\c1ccc3c(c1)OCO3)CC2)N1CCCC(N2CCNC2=O)C1. The van der Waals surface area contributed by atoms with Gasteiger partial charge in [-0.05, 0) is 66.7 Å². The summed E-state index contributed by atoms with van der Waals surface area (Å²) < 4.78 is 11.0. The van der Waals surface area contributed by atoms with E-state index in [1.54, 1.807) is 0 Å². The van der Waals surface area contributed by atoms with Crippen LogP contribution in [0.4, 0.5) is 4.79 Å². The standard InChI is InChI=1S/C29H28N4O4/c34-28(32-12-3-4-20(16-32)33-13-11-30-29(33)35)26-21-5-1-2-6-23(21)31-27-19(8-9-22(26)27)14-18-7-10-24-25(15-18)37-17-36-24/h1-2,5-7,10,14-15,20H,3-4,8-9,11-13,16-17H2,(H,30,35)/b19-14-. The van der Waals surface area contributed by atoms with E-state index < -0.39 is 0 Å². The highest BCUT2D eigenvalue weighted by atomic mass is 16.7. The molecule has 3 amide bonds. The smallest absolute Gasteiger partial charge is 0.317 e. The molecular weight excluding hydrogens is 468 g/mol. The summed E-state index contributed by atoms with van der Waals surface area (Å²) >= 11 is 0. The fourth-order valence-corrected chi connectivity index (χ4v) is 6.11. The van der Waals surface area contributed by atoms with Gasteiger partial charge >= 0.3 is 6.03 Å². The van der Waals surface area contributed by atoms with Crippen molar-refractivity contribution in [2.75, 3.05) is 33.0 Å². The lowest BCUT2D eigenvalue weighted by Crippen LogP contribution is -2.50. The van der Waals surface area contributed by atoms with Crippen molar-refractivity contribution in [2.45, 2.75) is 31.7 Å². The molecule has 0 radical (unpaired) electrons. The van der Waals surface area contributed by atoms with Crippen LogP contribution in [0.25, 0.3) is 22.6 Å². The summed E-state index contributed by atoms with van der Waals surface area (Å²) in [5, 5.41) is 3.79. The Kier molecular flexibility index (Phi) is 5.27. The number of nitrogens with zero attached hydrogens (tertiary/aromatic N) is 3. The van der Waals surface area contributed by atoms with Crippen molar-refractivity contribution in [3.05, 3.63) is 64.8 Å². The first-order valence-corrected chi connectivity index (χ1v) is 13.0. The zero-order chi connectivity index (χ0) is 24.9. The van der Waals surface area contributed by atoms with Crippen LogP contribution < -0.4 is 14.8 Å². The molecule has 0 saturated carbocycles. The normalized spacial score (nSPS) is 21.6. The maximum atomic E-state index is 14.1. The van der Waals surface area contributed by atoms with Crippen LogP contribution in [-0.2, 0) is 6.42 Å². The number of para-hydroxylation sites is 1. The first-order chi connectivity index (χ1) is 18.2.